The highest BCUT2D eigenvalue weighted by molar-refractivity contribution is 7.09. The lowest BCUT2D eigenvalue weighted by atomic mass is 10.2. The fourth-order valence-corrected chi connectivity index (χ4v) is 2.06. The van der Waals surface area contributed by atoms with Gasteiger partial charge in [0.1, 0.15) is 6.04 Å². The number of thiazole rings is 1. The van der Waals surface area contributed by atoms with Gasteiger partial charge in [-0.1, -0.05) is 0 Å². The predicted octanol–water partition coefficient (Wildman–Crippen LogP) is -0.0785. The van der Waals surface area contributed by atoms with Crippen LogP contribution in [0.25, 0.3) is 0 Å². The van der Waals surface area contributed by atoms with E-state index in [1.165, 1.54) is 23.3 Å². The summed E-state index contributed by atoms with van der Waals surface area (Å²) in [4.78, 5) is 39.0. The second kappa shape index (κ2) is 6.85. The Morgan fingerprint density at radius 1 is 1.55 bits per heavy atom. The Hall–Kier alpha value is -2.16. The first-order valence-corrected chi connectivity index (χ1v) is 6.61. The molecule has 1 aromatic heterocycles. The number of nitrogens with one attached hydrogen (secondary N) is 1. The third-order valence-electron chi connectivity index (χ3n) is 2.41. The number of amides is 3. The molecular formula is C11H16N4O4S. The van der Waals surface area contributed by atoms with Gasteiger partial charge in [0.05, 0.1) is 23.7 Å². The molecule has 0 spiro atoms. The summed E-state index contributed by atoms with van der Waals surface area (Å²) < 4.78 is 0. The van der Waals surface area contributed by atoms with Crippen LogP contribution in [0.5, 0.6) is 0 Å². The van der Waals surface area contributed by atoms with E-state index in [4.69, 9.17) is 10.8 Å². The number of hydrogen-bond donors (Lipinski definition) is 3. The minimum Gasteiger partial charge on any atom is -0.480 e. The predicted molar refractivity (Wildman–Crippen MR) is 72.1 cm³/mol. The van der Waals surface area contributed by atoms with Crippen LogP contribution in [0.15, 0.2) is 5.38 Å². The summed E-state index contributed by atoms with van der Waals surface area (Å²) in [5.41, 5.74) is 5.65. The number of urea groups is 1. The number of hydrogen-bond acceptors (Lipinski definition) is 5. The van der Waals surface area contributed by atoms with Crippen LogP contribution < -0.4 is 11.1 Å². The van der Waals surface area contributed by atoms with Crippen molar-refractivity contribution in [3.63, 3.8) is 0 Å². The molecule has 9 heteroatoms. The number of aryl methyl sites for hydroxylation is 1. The SMILES string of the molecule is Cc1nc(CN(C)C(=O)N[C@@H](CC(N)=O)C(=O)O)cs1. The molecule has 0 bridgehead atoms. The summed E-state index contributed by atoms with van der Waals surface area (Å²) in [5.74, 6) is -2.11. The minimum absolute atomic E-state index is 0.249. The van der Waals surface area contributed by atoms with Crippen LogP contribution >= 0.6 is 11.3 Å². The van der Waals surface area contributed by atoms with Crippen LogP contribution in [-0.2, 0) is 16.1 Å². The minimum atomic E-state index is -1.33. The second-order valence-electron chi connectivity index (χ2n) is 4.22. The lowest BCUT2D eigenvalue weighted by Crippen LogP contribution is -2.48. The van der Waals surface area contributed by atoms with Gasteiger partial charge >= 0.3 is 12.0 Å². The summed E-state index contributed by atoms with van der Waals surface area (Å²) in [5, 5.41) is 13.8. The van der Waals surface area contributed by atoms with Crippen molar-refractivity contribution in [2.45, 2.75) is 25.9 Å². The number of nitrogens with two attached hydrogens (primary N) is 1. The maximum Gasteiger partial charge on any atom is 0.326 e. The lowest BCUT2D eigenvalue weighted by Gasteiger charge is -2.20. The van der Waals surface area contributed by atoms with Crippen LogP contribution in [0, 0.1) is 6.92 Å². The van der Waals surface area contributed by atoms with Gasteiger partial charge in [-0.3, -0.25) is 4.79 Å². The van der Waals surface area contributed by atoms with E-state index in [-0.39, 0.29) is 6.54 Å². The van der Waals surface area contributed by atoms with Crippen LogP contribution in [-0.4, -0.2) is 46.0 Å². The fourth-order valence-electron chi connectivity index (χ4n) is 1.46. The molecule has 0 saturated carbocycles. The van der Waals surface area contributed by atoms with Gasteiger partial charge in [0, 0.05) is 12.4 Å². The van der Waals surface area contributed by atoms with Gasteiger partial charge in [0.25, 0.3) is 0 Å². The van der Waals surface area contributed by atoms with E-state index in [2.05, 4.69) is 10.3 Å². The molecule has 0 aliphatic carbocycles. The number of nitrogens with zero attached hydrogens (tertiary/aromatic N) is 2. The molecule has 0 saturated heterocycles. The molecular weight excluding hydrogens is 284 g/mol. The topological polar surface area (TPSA) is 126 Å². The van der Waals surface area contributed by atoms with Crippen molar-refractivity contribution >= 4 is 29.2 Å². The van der Waals surface area contributed by atoms with Crippen molar-refractivity contribution in [1.29, 1.82) is 0 Å². The highest BCUT2D eigenvalue weighted by Crippen LogP contribution is 2.09. The Morgan fingerprint density at radius 3 is 2.65 bits per heavy atom. The van der Waals surface area contributed by atoms with E-state index in [9.17, 15) is 14.4 Å². The third-order valence-corrected chi connectivity index (χ3v) is 3.24. The van der Waals surface area contributed by atoms with E-state index in [0.717, 1.165) is 5.01 Å². The van der Waals surface area contributed by atoms with E-state index >= 15 is 0 Å². The lowest BCUT2D eigenvalue weighted by molar-refractivity contribution is -0.140. The first kappa shape index (κ1) is 15.9. The van der Waals surface area contributed by atoms with Crippen LogP contribution in [0.3, 0.4) is 0 Å². The summed E-state index contributed by atoms with van der Waals surface area (Å²) >= 11 is 1.46. The smallest absolute Gasteiger partial charge is 0.326 e. The van der Waals surface area contributed by atoms with Crippen LogP contribution in [0.4, 0.5) is 4.79 Å². The summed E-state index contributed by atoms with van der Waals surface area (Å²) in [6.45, 7) is 2.10. The van der Waals surface area contributed by atoms with E-state index in [0.29, 0.717) is 5.69 Å². The molecule has 1 atom stereocenters. The van der Waals surface area contributed by atoms with Crippen molar-refractivity contribution < 1.29 is 19.5 Å². The number of primary amides is 1. The molecule has 0 aliphatic heterocycles. The number of carbonyl (C=O) groups excluding carboxylic acids is 2. The fraction of sp³-hybridized carbons (Fsp3) is 0.455. The van der Waals surface area contributed by atoms with E-state index in [1.807, 2.05) is 12.3 Å². The Balaban J connectivity index is 2.59. The van der Waals surface area contributed by atoms with Gasteiger partial charge in [-0.15, -0.1) is 11.3 Å². The highest BCUT2D eigenvalue weighted by atomic mass is 32.1. The van der Waals surface area contributed by atoms with Crippen molar-refractivity contribution in [2.75, 3.05) is 7.05 Å². The molecule has 20 heavy (non-hydrogen) atoms. The number of aromatic nitrogens is 1. The molecule has 0 aliphatic rings. The highest BCUT2D eigenvalue weighted by Gasteiger charge is 2.23. The Bertz CT molecular complexity index is 516. The third kappa shape index (κ3) is 4.84. The second-order valence-corrected chi connectivity index (χ2v) is 5.29. The summed E-state index contributed by atoms with van der Waals surface area (Å²) in [6.07, 6.45) is -0.454. The molecule has 0 fully saturated rings. The van der Waals surface area contributed by atoms with Gasteiger partial charge in [-0.05, 0) is 6.92 Å². The van der Waals surface area contributed by atoms with Gasteiger partial charge < -0.3 is 21.1 Å². The molecule has 110 valence electrons. The average molecular weight is 300 g/mol. The zero-order chi connectivity index (χ0) is 15.3. The molecule has 1 aromatic rings. The molecule has 4 N–H and O–H groups in total. The molecule has 8 nitrogen and oxygen atoms in total. The molecule has 1 heterocycles. The number of rotatable bonds is 6. The molecule has 0 aromatic carbocycles. The Morgan fingerprint density at radius 2 is 2.20 bits per heavy atom. The monoisotopic (exact) mass is 300 g/mol. The standard InChI is InChI=1S/C11H16N4O4S/c1-6-13-7(5-20-6)4-15(2)11(19)14-8(10(17)18)3-9(12)16/h5,8H,3-4H2,1-2H3,(H2,12,16)(H,14,19)(H,17,18)/t8-/m0/s1. The Kier molecular flexibility index (Phi) is 5.44. The van der Waals surface area contributed by atoms with E-state index < -0.39 is 30.4 Å². The first-order valence-electron chi connectivity index (χ1n) is 5.73. The average Bonchev–Trinajstić information content (AvgIpc) is 2.72. The van der Waals surface area contributed by atoms with Crippen molar-refractivity contribution in [2.24, 2.45) is 5.73 Å². The number of carboxylic acid groups (broad SMARTS) is 1. The quantitative estimate of drug-likeness (QED) is 0.677. The largest absolute Gasteiger partial charge is 0.480 e. The Labute approximate surface area is 119 Å². The van der Waals surface area contributed by atoms with Crippen molar-refractivity contribution in [3.05, 3.63) is 16.1 Å². The summed E-state index contributed by atoms with van der Waals surface area (Å²) in [6, 6.07) is -1.94. The number of carbonyl (C=O) groups is 3. The van der Waals surface area contributed by atoms with Gasteiger partial charge in [0.2, 0.25) is 5.91 Å². The molecule has 0 radical (unpaired) electrons. The van der Waals surface area contributed by atoms with Crippen LogP contribution in [0.1, 0.15) is 17.1 Å². The summed E-state index contributed by atoms with van der Waals surface area (Å²) in [7, 11) is 1.51. The molecule has 0 unspecified atom stereocenters. The maximum atomic E-state index is 11.8. The molecule has 3 amide bonds. The van der Waals surface area contributed by atoms with Crippen LogP contribution in [0.2, 0.25) is 0 Å². The van der Waals surface area contributed by atoms with Gasteiger partial charge in [0.15, 0.2) is 0 Å². The molecule has 1 rings (SSSR count). The van der Waals surface area contributed by atoms with Crippen molar-refractivity contribution in [1.82, 2.24) is 15.2 Å². The zero-order valence-corrected chi connectivity index (χ0v) is 11.9. The van der Waals surface area contributed by atoms with Gasteiger partial charge in [-0.25, -0.2) is 14.6 Å². The van der Waals surface area contributed by atoms with E-state index in [1.54, 1.807) is 0 Å². The zero-order valence-electron chi connectivity index (χ0n) is 11.1. The number of carboxylic acids is 1. The van der Waals surface area contributed by atoms with Gasteiger partial charge in [-0.2, -0.15) is 0 Å². The normalized spacial score (nSPS) is 11.7. The first-order chi connectivity index (χ1) is 9.29. The number of aliphatic carboxylic acids is 1. The van der Waals surface area contributed by atoms with Crippen molar-refractivity contribution in [3.8, 4) is 0 Å². The maximum absolute atomic E-state index is 11.8.